The van der Waals surface area contributed by atoms with Crippen molar-refractivity contribution >= 4 is 19.8 Å². The zero-order valence-corrected chi connectivity index (χ0v) is 61.1. The highest BCUT2D eigenvalue weighted by molar-refractivity contribution is 7.45. The van der Waals surface area contributed by atoms with Crippen molar-refractivity contribution in [2.75, 3.05) is 47.5 Å². The number of likely N-dealkylation sites (N-methyl/N-ethyl adjacent to an activating group) is 1. The van der Waals surface area contributed by atoms with Crippen LogP contribution in [0.4, 0.5) is 0 Å². The summed E-state index contributed by atoms with van der Waals surface area (Å²) in [4.78, 5) is 38.1. The number of hydrogen-bond acceptors (Lipinski definition) is 8. The lowest BCUT2D eigenvalue weighted by atomic mass is 10.0. The maximum atomic E-state index is 12.9. The summed E-state index contributed by atoms with van der Waals surface area (Å²) in [6, 6.07) is 0. The highest BCUT2D eigenvalue weighted by atomic mass is 31.2. The van der Waals surface area contributed by atoms with E-state index in [-0.39, 0.29) is 32.0 Å². The van der Waals surface area contributed by atoms with Gasteiger partial charge < -0.3 is 27.9 Å². The zero-order chi connectivity index (χ0) is 66.9. The quantitative estimate of drug-likeness (QED) is 0.0195. The lowest BCUT2D eigenvalue weighted by molar-refractivity contribution is -0.870. The third-order valence-electron chi connectivity index (χ3n) is 16.2. The van der Waals surface area contributed by atoms with E-state index in [9.17, 15) is 19.0 Å². The number of esters is 2. The molecule has 9 nitrogen and oxygen atoms in total. The number of phosphoric ester groups is 1. The molecule has 0 saturated heterocycles. The number of phosphoric acid groups is 1. The Morgan fingerprint density at radius 2 is 0.620 bits per heavy atom. The molecule has 0 aromatic carbocycles. The molecule has 0 aromatic rings. The number of quaternary nitrogens is 1. The Morgan fingerprint density at radius 3 is 0.924 bits per heavy atom. The Labute approximate surface area is 568 Å². The maximum absolute atomic E-state index is 12.9. The van der Waals surface area contributed by atoms with Gasteiger partial charge >= 0.3 is 11.9 Å². The summed E-state index contributed by atoms with van der Waals surface area (Å²) in [5, 5.41) is 0. The zero-order valence-electron chi connectivity index (χ0n) is 60.2. The number of nitrogens with zero attached hydrogens (tertiary/aromatic N) is 1. The van der Waals surface area contributed by atoms with Gasteiger partial charge in [0.15, 0.2) is 6.10 Å². The second-order valence-corrected chi connectivity index (χ2v) is 27.7. The van der Waals surface area contributed by atoms with E-state index in [0.717, 1.165) is 103 Å². The van der Waals surface area contributed by atoms with Gasteiger partial charge in [-0.3, -0.25) is 14.2 Å². The molecule has 0 saturated carbocycles. The molecule has 0 radical (unpaired) electrons. The third-order valence-corrected chi connectivity index (χ3v) is 17.1. The van der Waals surface area contributed by atoms with E-state index in [1.807, 2.05) is 21.1 Å². The van der Waals surface area contributed by atoms with E-state index in [1.54, 1.807) is 0 Å². The molecule has 0 spiro atoms. The summed E-state index contributed by atoms with van der Waals surface area (Å²) in [6.07, 6.45) is 104. The van der Waals surface area contributed by atoms with Gasteiger partial charge in [-0.1, -0.05) is 327 Å². The number of ether oxygens (including phenoxy) is 2. The van der Waals surface area contributed by atoms with Gasteiger partial charge in [-0.25, -0.2) is 0 Å². The van der Waals surface area contributed by atoms with Crippen LogP contribution in [-0.2, 0) is 32.7 Å². The van der Waals surface area contributed by atoms with Crippen molar-refractivity contribution in [2.24, 2.45) is 0 Å². The van der Waals surface area contributed by atoms with Crippen molar-refractivity contribution in [3.8, 4) is 0 Å². The molecular weight excluding hydrogens is 1160 g/mol. The third kappa shape index (κ3) is 75.2. The van der Waals surface area contributed by atoms with Crippen molar-refractivity contribution in [1.82, 2.24) is 0 Å². The molecule has 0 heterocycles. The number of unbranched alkanes of at least 4 members (excludes halogenated alkanes) is 33. The number of hydrogen-bond donors (Lipinski definition) is 0. The van der Waals surface area contributed by atoms with Crippen LogP contribution < -0.4 is 4.89 Å². The maximum Gasteiger partial charge on any atom is 0.306 e. The number of carbonyl (C=O) groups is 2. The summed E-state index contributed by atoms with van der Waals surface area (Å²) in [5.74, 6) is -0.832. The van der Waals surface area contributed by atoms with Crippen LogP contribution in [0.15, 0.2) is 134 Å². The van der Waals surface area contributed by atoms with Crippen LogP contribution in [0.3, 0.4) is 0 Å². The molecule has 92 heavy (non-hydrogen) atoms. The average Bonchev–Trinajstić information content (AvgIpc) is 2.34. The fourth-order valence-corrected chi connectivity index (χ4v) is 11.1. The highest BCUT2D eigenvalue weighted by Gasteiger charge is 2.22. The molecule has 0 rings (SSSR count). The fraction of sp³-hybridized carbons (Fsp3) is 0.707. The van der Waals surface area contributed by atoms with Gasteiger partial charge in [0, 0.05) is 12.8 Å². The van der Waals surface area contributed by atoms with Crippen LogP contribution in [0.2, 0.25) is 0 Å². The van der Waals surface area contributed by atoms with Crippen molar-refractivity contribution in [3.63, 3.8) is 0 Å². The van der Waals surface area contributed by atoms with E-state index in [1.165, 1.54) is 186 Å². The first kappa shape index (κ1) is 88.2. The molecule has 0 fully saturated rings. The molecule has 0 aromatic heterocycles. The van der Waals surface area contributed by atoms with Crippen LogP contribution in [0, 0.1) is 0 Å². The smallest absolute Gasteiger partial charge is 0.306 e. The van der Waals surface area contributed by atoms with Gasteiger partial charge in [0.1, 0.15) is 19.8 Å². The summed E-state index contributed by atoms with van der Waals surface area (Å²) in [5.41, 5.74) is 0. The Hall–Kier alpha value is -3.85. The second kappa shape index (κ2) is 71.4. The van der Waals surface area contributed by atoms with Gasteiger partial charge in [0.05, 0.1) is 27.7 Å². The van der Waals surface area contributed by atoms with E-state index < -0.39 is 26.5 Å². The first-order valence-electron chi connectivity index (χ1n) is 37.9. The van der Waals surface area contributed by atoms with Gasteiger partial charge in [0.25, 0.3) is 7.82 Å². The summed E-state index contributed by atoms with van der Waals surface area (Å²) < 4.78 is 34.4. The highest BCUT2D eigenvalue weighted by Crippen LogP contribution is 2.38. The minimum Gasteiger partial charge on any atom is -0.756 e. The number of carbonyl (C=O) groups excluding carboxylic acids is 2. The SMILES string of the molecule is CC/C=C\C/C=C\C/C=C\C/C=C\C/C=C\C/C=C\C/C=C\C/C=C\CCCCCCCCCCCCCCC(=O)OC(COC(=O)CCCCCCCCCCCCCCCCCC/C=C\C/C=C\C/C=C\CCCCCCC)COP(=O)([O-])OCC[N+](C)(C)C. The first-order chi connectivity index (χ1) is 45.0. The average molecular weight is 1300 g/mol. The van der Waals surface area contributed by atoms with E-state index in [2.05, 4.69) is 148 Å². The van der Waals surface area contributed by atoms with Gasteiger partial charge in [-0.15, -0.1) is 0 Å². The van der Waals surface area contributed by atoms with Crippen LogP contribution in [0.1, 0.15) is 322 Å². The Bertz CT molecular complexity index is 2020. The predicted molar refractivity (Wildman–Crippen MR) is 397 cm³/mol. The van der Waals surface area contributed by atoms with E-state index >= 15 is 0 Å². The first-order valence-corrected chi connectivity index (χ1v) is 39.4. The lowest BCUT2D eigenvalue weighted by Gasteiger charge is -2.28. The molecule has 2 unspecified atom stereocenters. The summed E-state index contributed by atoms with van der Waals surface area (Å²) >= 11 is 0. The van der Waals surface area contributed by atoms with E-state index in [4.69, 9.17) is 18.5 Å². The summed E-state index contributed by atoms with van der Waals surface area (Å²) in [6.45, 7) is 4.13. The number of allylic oxidation sites excluding steroid dienone is 22. The molecule has 2 atom stereocenters. The Morgan fingerprint density at radius 1 is 0.348 bits per heavy atom. The van der Waals surface area contributed by atoms with Crippen LogP contribution in [0.5, 0.6) is 0 Å². The monoisotopic (exact) mass is 1300 g/mol. The van der Waals surface area contributed by atoms with Crippen molar-refractivity contribution in [3.05, 3.63) is 134 Å². The normalized spacial score (nSPS) is 13.8. The van der Waals surface area contributed by atoms with Crippen LogP contribution in [-0.4, -0.2) is 70.0 Å². The Balaban J connectivity index is 4.04. The van der Waals surface area contributed by atoms with Gasteiger partial charge in [0.2, 0.25) is 0 Å². The standard InChI is InChI=1S/C82H142NO8P/c1-6-8-10-12-14-16-18-20-22-24-26-28-30-32-34-36-38-39-40-41-42-43-45-47-49-51-53-55-57-59-61-63-65-67-69-71-73-75-82(85)91-80(79-90-92(86,87)89-77-76-83(3,4)5)78-88-81(84)74-72-70-68-66-64-62-60-58-56-54-52-50-48-46-44-37-35-33-31-29-27-25-23-21-19-17-15-13-11-9-7-2/h8,10,14,16,19-22,25-28,31-34,38-39,41-42,45,47,80H,6-7,9,11-13,15,17-18,23-24,29-30,35-37,40,43-44,46,48-79H2,1-5H3/b10-8-,16-14-,21-19-,22-20-,27-25-,28-26-,33-31-,34-32-,39-38-,42-41-,47-45-. The van der Waals surface area contributed by atoms with Crippen molar-refractivity contribution in [1.29, 1.82) is 0 Å². The molecule has 0 aliphatic heterocycles. The lowest BCUT2D eigenvalue weighted by Crippen LogP contribution is -2.37. The molecule has 0 amide bonds. The molecule has 0 bridgehead atoms. The Kier molecular flexibility index (Phi) is 68.5. The molecule has 528 valence electrons. The van der Waals surface area contributed by atoms with Gasteiger partial charge in [-0.2, -0.15) is 0 Å². The second-order valence-electron chi connectivity index (χ2n) is 26.3. The molecule has 10 heteroatoms. The molecule has 0 aliphatic rings. The molecule has 0 aliphatic carbocycles. The van der Waals surface area contributed by atoms with Crippen LogP contribution in [0.25, 0.3) is 0 Å². The van der Waals surface area contributed by atoms with Crippen LogP contribution >= 0.6 is 7.82 Å². The minimum atomic E-state index is -4.65. The number of rotatable bonds is 69. The predicted octanol–water partition coefficient (Wildman–Crippen LogP) is 24.5. The van der Waals surface area contributed by atoms with Crippen molar-refractivity contribution < 1.29 is 42.1 Å². The largest absolute Gasteiger partial charge is 0.756 e. The van der Waals surface area contributed by atoms with Gasteiger partial charge in [-0.05, 0) is 116 Å². The topological polar surface area (TPSA) is 111 Å². The minimum absolute atomic E-state index is 0.0356. The fourth-order valence-electron chi connectivity index (χ4n) is 10.4. The molecule has 0 N–H and O–H groups in total. The van der Waals surface area contributed by atoms with Crippen molar-refractivity contribution in [2.45, 2.75) is 328 Å². The molecular formula is C82H142NO8P. The van der Waals surface area contributed by atoms with E-state index in [0.29, 0.717) is 17.4 Å². The summed E-state index contributed by atoms with van der Waals surface area (Å²) in [7, 11) is 1.16.